The first kappa shape index (κ1) is 14.8. The van der Waals surface area contributed by atoms with Gasteiger partial charge in [-0.25, -0.2) is 0 Å². The van der Waals surface area contributed by atoms with Crippen molar-refractivity contribution in [3.63, 3.8) is 0 Å². The first-order valence-corrected chi connectivity index (χ1v) is 7.74. The molecule has 3 nitrogen and oxygen atoms in total. The molecular weight excluding hydrogens is 324 g/mol. The summed E-state index contributed by atoms with van der Waals surface area (Å²) in [4.78, 5) is 3.23. The van der Waals surface area contributed by atoms with E-state index < -0.39 is 0 Å². The molecule has 0 fully saturated rings. The third-order valence-corrected chi connectivity index (χ3v) is 3.67. The monoisotopic (exact) mass is 342 g/mol. The quantitative estimate of drug-likeness (QED) is 0.617. The van der Waals surface area contributed by atoms with E-state index in [1.54, 1.807) is 0 Å². The standard InChI is InChI=1S/C14H19BrN2OS/c1-10(2)9-18-7-3-6-17-13-8-11(15)4-5-12(13)16-14(17)19/h4-5,8,10H,3,6-7,9H2,1-2H3,(H,16,19). The van der Waals surface area contributed by atoms with Gasteiger partial charge in [0.1, 0.15) is 0 Å². The largest absolute Gasteiger partial charge is 0.381 e. The average molecular weight is 343 g/mol. The number of aryl methyl sites for hydroxylation is 1. The van der Waals surface area contributed by atoms with Gasteiger partial charge in [-0.05, 0) is 42.8 Å². The van der Waals surface area contributed by atoms with Crippen molar-refractivity contribution in [2.45, 2.75) is 26.8 Å². The molecule has 104 valence electrons. The van der Waals surface area contributed by atoms with Crippen LogP contribution in [-0.2, 0) is 11.3 Å². The lowest BCUT2D eigenvalue weighted by atomic mass is 10.2. The Bertz CT molecular complexity index is 603. The van der Waals surface area contributed by atoms with Crippen molar-refractivity contribution in [3.8, 4) is 0 Å². The van der Waals surface area contributed by atoms with E-state index in [1.807, 2.05) is 12.1 Å². The number of aromatic amines is 1. The van der Waals surface area contributed by atoms with E-state index in [0.717, 1.165) is 46.5 Å². The van der Waals surface area contributed by atoms with Gasteiger partial charge in [0.25, 0.3) is 0 Å². The first-order valence-electron chi connectivity index (χ1n) is 6.53. The molecule has 0 atom stereocenters. The smallest absolute Gasteiger partial charge is 0.178 e. The zero-order chi connectivity index (χ0) is 13.8. The molecule has 0 saturated heterocycles. The highest BCUT2D eigenvalue weighted by Gasteiger charge is 2.04. The Morgan fingerprint density at radius 1 is 1.42 bits per heavy atom. The summed E-state index contributed by atoms with van der Waals surface area (Å²) in [5.41, 5.74) is 2.22. The van der Waals surface area contributed by atoms with Gasteiger partial charge < -0.3 is 14.3 Å². The maximum Gasteiger partial charge on any atom is 0.178 e. The zero-order valence-electron chi connectivity index (χ0n) is 11.3. The predicted molar refractivity (Wildman–Crippen MR) is 85.1 cm³/mol. The van der Waals surface area contributed by atoms with Crippen molar-refractivity contribution in [1.82, 2.24) is 9.55 Å². The van der Waals surface area contributed by atoms with Crippen LogP contribution in [0.1, 0.15) is 20.3 Å². The number of halogens is 1. The molecular formula is C14H19BrN2OS. The highest BCUT2D eigenvalue weighted by atomic mass is 79.9. The molecule has 1 heterocycles. The van der Waals surface area contributed by atoms with E-state index in [1.165, 1.54) is 0 Å². The van der Waals surface area contributed by atoms with E-state index in [0.29, 0.717) is 5.92 Å². The molecule has 5 heteroatoms. The van der Waals surface area contributed by atoms with Crippen LogP contribution in [-0.4, -0.2) is 22.8 Å². The van der Waals surface area contributed by atoms with Crippen LogP contribution in [0, 0.1) is 10.7 Å². The fraction of sp³-hybridized carbons (Fsp3) is 0.500. The molecule has 0 saturated carbocycles. The maximum absolute atomic E-state index is 5.60. The van der Waals surface area contributed by atoms with Crippen LogP contribution < -0.4 is 0 Å². The molecule has 0 aliphatic heterocycles. The lowest BCUT2D eigenvalue weighted by Crippen LogP contribution is -2.06. The number of aromatic nitrogens is 2. The molecule has 0 unspecified atom stereocenters. The number of H-pyrrole nitrogens is 1. The molecule has 0 radical (unpaired) electrons. The molecule has 1 aromatic carbocycles. The first-order chi connectivity index (χ1) is 9.08. The second-order valence-corrected chi connectivity index (χ2v) is 6.37. The van der Waals surface area contributed by atoms with E-state index in [2.05, 4.69) is 45.4 Å². The van der Waals surface area contributed by atoms with E-state index in [9.17, 15) is 0 Å². The minimum Gasteiger partial charge on any atom is -0.381 e. The van der Waals surface area contributed by atoms with Crippen molar-refractivity contribution in [2.75, 3.05) is 13.2 Å². The van der Waals surface area contributed by atoms with Gasteiger partial charge in [0.05, 0.1) is 11.0 Å². The summed E-state index contributed by atoms with van der Waals surface area (Å²) in [7, 11) is 0. The molecule has 0 aliphatic rings. The van der Waals surface area contributed by atoms with Crippen molar-refractivity contribution in [3.05, 3.63) is 27.4 Å². The van der Waals surface area contributed by atoms with Crippen molar-refractivity contribution >= 4 is 39.2 Å². The van der Waals surface area contributed by atoms with Crippen LogP contribution in [0.15, 0.2) is 22.7 Å². The molecule has 0 amide bonds. The van der Waals surface area contributed by atoms with Gasteiger partial charge in [0.15, 0.2) is 4.77 Å². The minimum atomic E-state index is 0.589. The molecule has 1 N–H and O–H groups in total. The van der Waals surface area contributed by atoms with Crippen molar-refractivity contribution in [2.24, 2.45) is 5.92 Å². The molecule has 1 aromatic heterocycles. The fourth-order valence-electron chi connectivity index (χ4n) is 1.99. The van der Waals surface area contributed by atoms with Gasteiger partial charge in [-0.2, -0.15) is 0 Å². The van der Waals surface area contributed by atoms with Gasteiger partial charge in [-0.1, -0.05) is 29.8 Å². The Morgan fingerprint density at radius 2 is 2.21 bits per heavy atom. The SMILES string of the molecule is CC(C)COCCCn1c(=S)[nH]c2ccc(Br)cc21. The van der Waals surface area contributed by atoms with Crippen LogP contribution in [0.25, 0.3) is 11.0 Å². The molecule has 0 bridgehead atoms. The number of nitrogens with one attached hydrogen (secondary N) is 1. The summed E-state index contributed by atoms with van der Waals surface area (Å²) < 4.78 is 9.58. The van der Waals surface area contributed by atoms with E-state index >= 15 is 0 Å². The molecule has 2 aromatic rings. The topological polar surface area (TPSA) is 29.9 Å². The van der Waals surface area contributed by atoms with Crippen LogP contribution in [0.3, 0.4) is 0 Å². The van der Waals surface area contributed by atoms with Gasteiger partial charge in [0.2, 0.25) is 0 Å². The second kappa shape index (κ2) is 6.68. The van der Waals surface area contributed by atoms with E-state index in [-0.39, 0.29) is 0 Å². The number of benzene rings is 1. The third-order valence-electron chi connectivity index (χ3n) is 2.86. The Balaban J connectivity index is 2.02. The predicted octanol–water partition coefficient (Wildman–Crippen LogP) is 4.52. The number of imidazole rings is 1. The minimum absolute atomic E-state index is 0.589. The number of hydrogen-bond donors (Lipinski definition) is 1. The number of ether oxygens (including phenoxy) is 1. The summed E-state index contributed by atoms with van der Waals surface area (Å²) >= 11 is 8.87. The third kappa shape index (κ3) is 3.91. The van der Waals surface area contributed by atoms with Crippen LogP contribution >= 0.6 is 28.1 Å². The van der Waals surface area contributed by atoms with Gasteiger partial charge in [0, 0.05) is 24.2 Å². The summed E-state index contributed by atoms with van der Waals surface area (Å²) in [6.07, 6.45) is 0.973. The Hall–Kier alpha value is -0.650. The number of hydrogen-bond acceptors (Lipinski definition) is 2. The summed E-state index contributed by atoms with van der Waals surface area (Å²) in [5.74, 6) is 0.589. The molecule has 2 rings (SSSR count). The van der Waals surface area contributed by atoms with Gasteiger partial charge >= 0.3 is 0 Å². The Kier molecular flexibility index (Phi) is 5.19. The van der Waals surface area contributed by atoms with Gasteiger partial charge in [-0.3, -0.25) is 0 Å². The second-order valence-electron chi connectivity index (χ2n) is 5.07. The molecule has 19 heavy (non-hydrogen) atoms. The van der Waals surface area contributed by atoms with Crippen LogP contribution in [0.5, 0.6) is 0 Å². The molecule has 0 spiro atoms. The summed E-state index contributed by atoms with van der Waals surface area (Å²) in [6.45, 7) is 6.80. The Morgan fingerprint density at radius 3 is 2.95 bits per heavy atom. The number of nitrogens with zero attached hydrogens (tertiary/aromatic N) is 1. The van der Waals surface area contributed by atoms with Crippen molar-refractivity contribution < 1.29 is 4.74 Å². The maximum atomic E-state index is 5.60. The summed E-state index contributed by atoms with van der Waals surface area (Å²) in [6, 6.07) is 6.15. The molecule has 0 aliphatic carbocycles. The Labute approximate surface area is 127 Å². The van der Waals surface area contributed by atoms with Crippen LogP contribution in [0.2, 0.25) is 0 Å². The average Bonchev–Trinajstić information content (AvgIpc) is 2.65. The van der Waals surface area contributed by atoms with E-state index in [4.69, 9.17) is 17.0 Å². The van der Waals surface area contributed by atoms with Crippen LogP contribution in [0.4, 0.5) is 0 Å². The normalized spacial score (nSPS) is 11.6. The number of fused-ring (bicyclic) bond motifs is 1. The lowest BCUT2D eigenvalue weighted by molar-refractivity contribution is 0.105. The summed E-state index contributed by atoms with van der Waals surface area (Å²) in [5, 5.41) is 0. The fourth-order valence-corrected chi connectivity index (χ4v) is 2.64. The number of rotatable bonds is 6. The van der Waals surface area contributed by atoms with Crippen molar-refractivity contribution in [1.29, 1.82) is 0 Å². The zero-order valence-corrected chi connectivity index (χ0v) is 13.7. The highest BCUT2D eigenvalue weighted by molar-refractivity contribution is 9.10. The lowest BCUT2D eigenvalue weighted by Gasteiger charge is -2.08. The highest BCUT2D eigenvalue weighted by Crippen LogP contribution is 2.20. The van der Waals surface area contributed by atoms with Gasteiger partial charge in [-0.15, -0.1) is 0 Å².